The molecule has 0 unspecified atom stereocenters. The highest BCUT2D eigenvalue weighted by atomic mass is 32.2. The summed E-state index contributed by atoms with van der Waals surface area (Å²) in [5, 5.41) is 3.86. The number of hydrogen-bond acceptors (Lipinski definition) is 4. The van der Waals surface area contributed by atoms with Gasteiger partial charge in [0.1, 0.15) is 0 Å². The van der Waals surface area contributed by atoms with E-state index in [9.17, 15) is 13.2 Å². The van der Waals surface area contributed by atoms with Gasteiger partial charge in [-0.25, -0.2) is 18.6 Å². The van der Waals surface area contributed by atoms with E-state index in [2.05, 4.69) is 15.2 Å². The van der Waals surface area contributed by atoms with Crippen molar-refractivity contribution >= 4 is 22.1 Å². The van der Waals surface area contributed by atoms with E-state index < -0.39 is 15.9 Å². The molecule has 2 aromatic rings. The zero-order chi connectivity index (χ0) is 17.4. The minimum Gasteiger partial charge on any atom is -0.272 e. The van der Waals surface area contributed by atoms with Crippen molar-refractivity contribution in [3.63, 3.8) is 0 Å². The minimum atomic E-state index is -3.70. The first-order valence-corrected chi connectivity index (χ1v) is 8.89. The zero-order valence-corrected chi connectivity index (χ0v) is 14.0. The quantitative estimate of drug-likeness (QED) is 0.593. The van der Waals surface area contributed by atoms with Gasteiger partial charge in [0.25, 0.3) is 5.91 Å². The third-order valence-corrected chi connectivity index (χ3v) is 4.71. The lowest BCUT2D eigenvalue weighted by molar-refractivity contribution is -0.119. The van der Waals surface area contributed by atoms with Crippen molar-refractivity contribution in [1.82, 2.24) is 10.1 Å². The maximum absolute atomic E-state index is 12.0. The number of carbonyl (C=O) groups is 1. The van der Waals surface area contributed by atoms with Crippen LogP contribution in [0.15, 0.2) is 70.7 Å². The number of carbonyl (C=O) groups excluding carboxylic acids is 1. The standard InChI is InChI=1S/C17H19N3O3S/c1-14(15-8-4-2-5-9-15)12-18-20-17(21)13-19-24(22,23)16-10-6-3-7-11-16/h2-12,14,19H,13H2,1H3,(H,20,21)/b18-12-/t14-/m0/s1. The fraction of sp³-hybridized carbons (Fsp3) is 0.176. The number of rotatable bonds is 7. The summed E-state index contributed by atoms with van der Waals surface area (Å²) in [5.41, 5.74) is 3.38. The van der Waals surface area contributed by atoms with Gasteiger partial charge < -0.3 is 0 Å². The van der Waals surface area contributed by atoms with Gasteiger partial charge >= 0.3 is 0 Å². The summed E-state index contributed by atoms with van der Waals surface area (Å²) in [6.07, 6.45) is 1.60. The van der Waals surface area contributed by atoms with Crippen molar-refractivity contribution in [3.05, 3.63) is 66.2 Å². The Morgan fingerprint density at radius 1 is 1.08 bits per heavy atom. The molecule has 1 amide bonds. The Hall–Kier alpha value is -2.51. The van der Waals surface area contributed by atoms with Gasteiger partial charge in [-0.05, 0) is 17.7 Å². The lowest BCUT2D eigenvalue weighted by Crippen LogP contribution is -2.35. The summed E-state index contributed by atoms with van der Waals surface area (Å²) < 4.78 is 26.2. The van der Waals surface area contributed by atoms with Crippen LogP contribution in [0.3, 0.4) is 0 Å². The maximum Gasteiger partial charge on any atom is 0.255 e. The summed E-state index contributed by atoms with van der Waals surface area (Å²) in [6.45, 7) is 1.57. The highest BCUT2D eigenvalue weighted by molar-refractivity contribution is 7.89. The Balaban J connectivity index is 1.82. The van der Waals surface area contributed by atoms with Crippen LogP contribution < -0.4 is 10.1 Å². The molecule has 0 heterocycles. The average molecular weight is 345 g/mol. The second-order valence-electron chi connectivity index (χ2n) is 5.15. The first kappa shape index (κ1) is 17.8. The molecule has 7 heteroatoms. The van der Waals surface area contributed by atoms with Crippen molar-refractivity contribution in [3.8, 4) is 0 Å². The Bertz CT molecular complexity index is 790. The molecule has 0 saturated carbocycles. The Morgan fingerprint density at radius 3 is 2.29 bits per heavy atom. The van der Waals surface area contributed by atoms with Gasteiger partial charge in [0.15, 0.2) is 0 Å². The summed E-state index contributed by atoms with van der Waals surface area (Å²) in [7, 11) is -3.70. The molecule has 6 nitrogen and oxygen atoms in total. The number of nitrogens with one attached hydrogen (secondary N) is 2. The predicted octanol–water partition coefficient (Wildman–Crippen LogP) is 1.87. The molecule has 0 aliphatic heterocycles. The number of hydrogen-bond donors (Lipinski definition) is 2. The molecule has 126 valence electrons. The Kier molecular flexibility index (Phi) is 6.22. The molecule has 0 aromatic heterocycles. The molecule has 2 N–H and O–H groups in total. The zero-order valence-electron chi connectivity index (χ0n) is 13.2. The third-order valence-electron chi connectivity index (χ3n) is 3.29. The monoisotopic (exact) mass is 345 g/mol. The molecule has 0 fully saturated rings. The molecule has 2 rings (SSSR count). The second-order valence-corrected chi connectivity index (χ2v) is 6.92. The van der Waals surface area contributed by atoms with Gasteiger partial charge in [0, 0.05) is 12.1 Å². The van der Waals surface area contributed by atoms with Gasteiger partial charge in [-0.15, -0.1) is 0 Å². The molecule has 0 spiro atoms. The molecule has 24 heavy (non-hydrogen) atoms. The fourth-order valence-electron chi connectivity index (χ4n) is 1.95. The summed E-state index contributed by atoms with van der Waals surface area (Å²) >= 11 is 0. The van der Waals surface area contributed by atoms with Gasteiger partial charge in [-0.2, -0.15) is 5.10 Å². The Morgan fingerprint density at radius 2 is 1.67 bits per heavy atom. The highest BCUT2D eigenvalue weighted by Crippen LogP contribution is 2.11. The lowest BCUT2D eigenvalue weighted by Gasteiger charge is -2.07. The maximum atomic E-state index is 12.0. The molecule has 0 radical (unpaired) electrons. The van der Waals surface area contributed by atoms with E-state index in [1.807, 2.05) is 37.3 Å². The van der Waals surface area contributed by atoms with Crippen molar-refractivity contribution in [1.29, 1.82) is 0 Å². The smallest absolute Gasteiger partial charge is 0.255 e. The SMILES string of the molecule is C[C@@H](/C=N\NC(=O)CNS(=O)(=O)c1ccccc1)c1ccccc1. The van der Waals surface area contributed by atoms with E-state index in [-0.39, 0.29) is 17.4 Å². The second kappa shape index (κ2) is 8.37. The number of nitrogens with zero attached hydrogens (tertiary/aromatic N) is 1. The van der Waals surface area contributed by atoms with Crippen molar-refractivity contribution < 1.29 is 13.2 Å². The van der Waals surface area contributed by atoms with Crippen LogP contribution in [0.5, 0.6) is 0 Å². The highest BCUT2D eigenvalue weighted by Gasteiger charge is 2.14. The van der Waals surface area contributed by atoms with Crippen molar-refractivity contribution in [2.24, 2.45) is 5.10 Å². The van der Waals surface area contributed by atoms with Crippen LogP contribution >= 0.6 is 0 Å². The largest absolute Gasteiger partial charge is 0.272 e. The summed E-state index contributed by atoms with van der Waals surface area (Å²) in [4.78, 5) is 11.8. The van der Waals surface area contributed by atoms with E-state index in [4.69, 9.17) is 0 Å². The van der Waals surface area contributed by atoms with E-state index in [0.717, 1.165) is 5.56 Å². The van der Waals surface area contributed by atoms with Crippen molar-refractivity contribution in [2.75, 3.05) is 6.54 Å². The van der Waals surface area contributed by atoms with E-state index in [0.29, 0.717) is 0 Å². The fourth-order valence-corrected chi connectivity index (χ4v) is 2.95. The van der Waals surface area contributed by atoms with Crippen LogP contribution in [0.1, 0.15) is 18.4 Å². The first-order chi connectivity index (χ1) is 11.5. The third kappa shape index (κ3) is 5.29. The van der Waals surface area contributed by atoms with E-state index in [1.54, 1.807) is 24.4 Å². The molecule has 0 aliphatic carbocycles. The van der Waals surface area contributed by atoms with Gasteiger partial charge in [-0.3, -0.25) is 4.79 Å². The Labute approximate surface area is 141 Å². The van der Waals surface area contributed by atoms with Crippen molar-refractivity contribution in [2.45, 2.75) is 17.7 Å². The van der Waals surface area contributed by atoms with Crippen LogP contribution in [-0.2, 0) is 14.8 Å². The predicted molar refractivity (Wildman–Crippen MR) is 93.1 cm³/mol. The molecule has 0 aliphatic rings. The first-order valence-electron chi connectivity index (χ1n) is 7.41. The van der Waals surface area contributed by atoms with E-state index in [1.165, 1.54) is 12.1 Å². The van der Waals surface area contributed by atoms with E-state index >= 15 is 0 Å². The molecular weight excluding hydrogens is 326 g/mol. The number of hydrazone groups is 1. The number of sulfonamides is 1. The van der Waals surface area contributed by atoms with Gasteiger partial charge in [0.05, 0.1) is 11.4 Å². The molecular formula is C17H19N3O3S. The van der Waals surface area contributed by atoms with Crippen LogP contribution in [0, 0.1) is 0 Å². The average Bonchev–Trinajstić information content (AvgIpc) is 2.61. The molecule has 0 saturated heterocycles. The summed E-state index contributed by atoms with van der Waals surface area (Å²) in [6, 6.07) is 17.6. The van der Waals surface area contributed by atoms with Crippen LogP contribution in [0.4, 0.5) is 0 Å². The van der Waals surface area contributed by atoms with Gasteiger partial charge in [0.2, 0.25) is 10.0 Å². The number of amides is 1. The van der Waals surface area contributed by atoms with Gasteiger partial charge in [-0.1, -0.05) is 55.5 Å². The summed E-state index contributed by atoms with van der Waals surface area (Å²) in [5.74, 6) is -0.501. The number of benzene rings is 2. The lowest BCUT2D eigenvalue weighted by atomic mass is 10.0. The topological polar surface area (TPSA) is 87.6 Å². The molecule has 1 atom stereocenters. The normalized spacial score (nSPS) is 12.9. The van der Waals surface area contributed by atoms with Crippen LogP contribution in [-0.4, -0.2) is 27.1 Å². The molecule has 2 aromatic carbocycles. The molecule has 0 bridgehead atoms. The van der Waals surface area contributed by atoms with Crippen LogP contribution in [0.25, 0.3) is 0 Å². The minimum absolute atomic E-state index is 0.0347. The van der Waals surface area contributed by atoms with Crippen LogP contribution in [0.2, 0.25) is 0 Å².